The van der Waals surface area contributed by atoms with Gasteiger partial charge in [-0.15, -0.1) is 11.3 Å². The molecule has 1 heterocycles. The summed E-state index contributed by atoms with van der Waals surface area (Å²) in [7, 11) is 1.67. The Labute approximate surface area is 164 Å². The molecule has 3 rings (SSSR count). The average molecular weight is 381 g/mol. The number of hydrogen-bond acceptors (Lipinski definition) is 4. The fraction of sp³-hybridized carbons (Fsp3) is 0.273. The summed E-state index contributed by atoms with van der Waals surface area (Å²) in [6.45, 7) is 3.59. The molecule has 0 radical (unpaired) electrons. The SMILES string of the molecule is COc1ccc(-c2nc(-c3ccc(CCC(C)NC(C)=O)cc3)cs2)cc1. The van der Waals surface area contributed by atoms with Crippen molar-refractivity contribution in [2.24, 2.45) is 0 Å². The van der Waals surface area contributed by atoms with Gasteiger partial charge in [0.2, 0.25) is 5.91 Å². The highest BCUT2D eigenvalue weighted by molar-refractivity contribution is 7.13. The number of nitrogens with zero attached hydrogens (tertiary/aromatic N) is 1. The Balaban J connectivity index is 1.65. The van der Waals surface area contributed by atoms with Gasteiger partial charge in [0.15, 0.2) is 0 Å². The first kappa shape index (κ1) is 19.1. The topological polar surface area (TPSA) is 51.2 Å². The Morgan fingerprint density at radius 2 is 1.78 bits per heavy atom. The lowest BCUT2D eigenvalue weighted by molar-refractivity contribution is -0.119. The number of rotatable bonds is 7. The first-order valence-electron chi connectivity index (χ1n) is 9.01. The monoisotopic (exact) mass is 380 g/mol. The number of hydrogen-bond donors (Lipinski definition) is 1. The van der Waals surface area contributed by atoms with Gasteiger partial charge in [-0.25, -0.2) is 4.98 Å². The van der Waals surface area contributed by atoms with Crippen LogP contribution in [-0.4, -0.2) is 24.0 Å². The number of carbonyl (C=O) groups is 1. The molecule has 0 bridgehead atoms. The molecule has 0 aliphatic heterocycles. The second kappa shape index (κ2) is 8.82. The molecular weight excluding hydrogens is 356 g/mol. The molecule has 2 aromatic carbocycles. The fourth-order valence-corrected chi connectivity index (χ4v) is 3.75. The minimum atomic E-state index is 0.0223. The maximum Gasteiger partial charge on any atom is 0.217 e. The van der Waals surface area contributed by atoms with E-state index in [4.69, 9.17) is 9.72 Å². The zero-order chi connectivity index (χ0) is 19.2. The van der Waals surface area contributed by atoms with E-state index in [1.54, 1.807) is 25.4 Å². The van der Waals surface area contributed by atoms with Crippen LogP contribution in [0.5, 0.6) is 5.75 Å². The largest absolute Gasteiger partial charge is 0.497 e. The van der Waals surface area contributed by atoms with Crippen molar-refractivity contribution in [1.82, 2.24) is 10.3 Å². The highest BCUT2D eigenvalue weighted by Crippen LogP contribution is 2.30. The molecule has 0 saturated carbocycles. The van der Waals surface area contributed by atoms with E-state index < -0.39 is 0 Å². The maximum absolute atomic E-state index is 11.1. The van der Waals surface area contributed by atoms with E-state index in [1.165, 1.54) is 5.56 Å². The van der Waals surface area contributed by atoms with Gasteiger partial charge in [-0.3, -0.25) is 4.79 Å². The van der Waals surface area contributed by atoms with Crippen molar-refractivity contribution in [2.75, 3.05) is 7.11 Å². The lowest BCUT2D eigenvalue weighted by Gasteiger charge is -2.12. The summed E-state index contributed by atoms with van der Waals surface area (Å²) < 4.78 is 5.21. The van der Waals surface area contributed by atoms with Gasteiger partial charge >= 0.3 is 0 Å². The third-order valence-electron chi connectivity index (χ3n) is 4.41. The van der Waals surface area contributed by atoms with Crippen molar-refractivity contribution in [2.45, 2.75) is 32.7 Å². The summed E-state index contributed by atoms with van der Waals surface area (Å²) in [6, 6.07) is 16.7. The van der Waals surface area contributed by atoms with Crippen LogP contribution in [0.25, 0.3) is 21.8 Å². The molecule has 1 atom stereocenters. The van der Waals surface area contributed by atoms with Crippen LogP contribution in [0.4, 0.5) is 0 Å². The molecule has 1 amide bonds. The quantitative estimate of drug-likeness (QED) is 0.631. The van der Waals surface area contributed by atoms with Crippen molar-refractivity contribution >= 4 is 17.2 Å². The van der Waals surface area contributed by atoms with Gasteiger partial charge in [-0.1, -0.05) is 24.3 Å². The van der Waals surface area contributed by atoms with Crippen molar-refractivity contribution < 1.29 is 9.53 Å². The molecule has 3 aromatic rings. The van der Waals surface area contributed by atoms with Crippen LogP contribution in [0.15, 0.2) is 53.9 Å². The van der Waals surface area contributed by atoms with Gasteiger partial charge < -0.3 is 10.1 Å². The van der Waals surface area contributed by atoms with Crippen LogP contribution < -0.4 is 10.1 Å². The summed E-state index contributed by atoms with van der Waals surface area (Å²) in [5.41, 5.74) is 4.46. The molecule has 1 N–H and O–H groups in total. The number of amides is 1. The van der Waals surface area contributed by atoms with Crippen LogP contribution in [0.3, 0.4) is 0 Å². The Morgan fingerprint density at radius 1 is 1.11 bits per heavy atom. The smallest absolute Gasteiger partial charge is 0.217 e. The zero-order valence-corrected chi connectivity index (χ0v) is 16.7. The predicted octanol–water partition coefficient (Wildman–Crippen LogP) is 4.94. The number of carbonyl (C=O) groups excluding carboxylic acids is 1. The Kier molecular flexibility index (Phi) is 6.24. The molecule has 140 valence electrons. The molecule has 1 aromatic heterocycles. The Hall–Kier alpha value is -2.66. The highest BCUT2D eigenvalue weighted by atomic mass is 32.1. The van der Waals surface area contributed by atoms with Gasteiger partial charge in [-0.2, -0.15) is 0 Å². The number of nitrogens with one attached hydrogen (secondary N) is 1. The second-order valence-electron chi connectivity index (χ2n) is 6.60. The van der Waals surface area contributed by atoms with E-state index in [-0.39, 0.29) is 11.9 Å². The third-order valence-corrected chi connectivity index (χ3v) is 5.30. The Bertz CT molecular complexity index is 885. The normalized spacial score (nSPS) is 11.8. The van der Waals surface area contributed by atoms with Crippen LogP contribution in [0.1, 0.15) is 25.8 Å². The van der Waals surface area contributed by atoms with E-state index in [2.05, 4.69) is 35.0 Å². The summed E-state index contributed by atoms with van der Waals surface area (Å²) in [4.78, 5) is 15.9. The van der Waals surface area contributed by atoms with E-state index in [0.717, 1.165) is 40.4 Å². The van der Waals surface area contributed by atoms with Crippen LogP contribution in [0.2, 0.25) is 0 Å². The second-order valence-corrected chi connectivity index (χ2v) is 7.46. The predicted molar refractivity (Wildman–Crippen MR) is 111 cm³/mol. The zero-order valence-electron chi connectivity index (χ0n) is 15.9. The molecule has 0 aliphatic carbocycles. The molecule has 4 nitrogen and oxygen atoms in total. The Morgan fingerprint density at radius 3 is 2.41 bits per heavy atom. The van der Waals surface area contributed by atoms with E-state index in [9.17, 15) is 4.79 Å². The molecule has 0 fully saturated rings. The van der Waals surface area contributed by atoms with Gasteiger partial charge in [0.25, 0.3) is 0 Å². The van der Waals surface area contributed by atoms with E-state index >= 15 is 0 Å². The molecule has 0 aliphatic rings. The molecule has 5 heteroatoms. The molecule has 27 heavy (non-hydrogen) atoms. The first-order valence-corrected chi connectivity index (χ1v) is 9.89. The first-order chi connectivity index (χ1) is 13.0. The van der Waals surface area contributed by atoms with Crippen molar-refractivity contribution in [1.29, 1.82) is 0 Å². The number of thiazole rings is 1. The number of ether oxygens (including phenoxy) is 1. The summed E-state index contributed by atoms with van der Waals surface area (Å²) in [6.07, 6.45) is 1.87. The van der Waals surface area contributed by atoms with Crippen LogP contribution >= 0.6 is 11.3 Å². The highest BCUT2D eigenvalue weighted by Gasteiger charge is 2.08. The molecular formula is C22H24N2O2S. The maximum atomic E-state index is 11.1. The van der Waals surface area contributed by atoms with Gasteiger partial charge in [0.1, 0.15) is 10.8 Å². The van der Waals surface area contributed by atoms with Crippen molar-refractivity contribution in [3.8, 4) is 27.6 Å². The lowest BCUT2D eigenvalue weighted by atomic mass is 10.0. The standard InChI is InChI=1S/C22H24N2O2S/c1-15(23-16(2)25)4-5-17-6-8-18(9-7-17)21-14-27-22(24-21)19-10-12-20(26-3)13-11-19/h6-15H,4-5H2,1-3H3,(H,23,25). The van der Waals surface area contributed by atoms with Crippen molar-refractivity contribution in [3.63, 3.8) is 0 Å². The van der Waals surface area contributed by atoms with Gasteiger partial charge in [-0.05, 0) is 49.6 Å². The summed E-state index contributed by atoms with van der Waals surface area (Å²) >= 11 is 1.64. The van der Waals surface area contributed by atoms with Crippen molar-refractivity contribution in [3.05, 3.63) is 59.5 Å². The molecule has 0 spiro atoms. The van der Waals surface area contributed by atoms with E-state index in [1.807, 2.05) is 31.2 Å². The lowest BCUT2D eigenvalue weighted by Crippen LogP contribution is -2.30. The minimum absolute atomic E-state index is 0.0223. The number of methoxy groups -OCH3 is 1. The van der Waals surface area contributed by atoms with Crippen LogP contribution in [-0.2, 0) is 11.2 Å². The van der Waals surface area contributed by atoms with E-state index in [0.29, 0.717) is 0 Å². The average Bonchev–Trinajstić information content (AvgIpc) is 3.16. The fourth-order valence-electron chi connectivity index (χ4n) is 2.92. The molecule has 0 saturated heterocycles. The summed E-state index contributed by atoms with van der Waals surface area (Å²) in [5.74, 6) is 0.869. The van der Waals surface area contributed by atoms with Gasteiger partial charge in [0, 0.05) is 29.5 Å². The number of aromatic nitrogens is 1. The third kappa shape index (κ3) is 5.17. The number of benzene rings is 2. The van der Waals surface area contributed by atoms with Gasteiger partial charge in [0.05, 0.1) is 12.8 Å². The number of aryl methyl sites for hydroxylation is 1. The van der Waals surface area contributed by atoms with Crippen LogP contribution in [0, 0.1) is 0 Å². The molecule has 1 unspecified atom stereocenters. The summed E-state index contributed by atoms with van der Waals surface area (Å²) in [5, 5.41) is 6.01. The minimum Gasteiger partial charge on any atom is -0.497 e.